The Morgan fingerprint density at radius 3 is 2.28 bits per heavy atom. The highest BCUT2D eigenvalue weighted by atomic mass is 19.1. The minimum absolute atomic E-state index is 0.257. The molecule has 0 atom stereocenters. The van der Waals surface area contributed by atoms with E-state index in [-0.39, 0.29) is 11.4 Å². The Balaban J connectivity index is 1.90. The highest BCUT2D eigenvalue weighted by molar-refractivity contribution is 6.04. The highest BCUT2D eigenvalue weighted by Gasteiger charge is 2.19. The zero-order valence-electron chi connectivity index (χ0n) is 18.4. The molecule has 0 fully saturated rings. The van der Waals surface area contributed by atoms with Crippen molar-refractivity contribution in [2.24, 2.45) is 4.99 Å². The van der Waals surface area contributed by atoms with Gasteiger partial charge in [-0.1, -0.05) is 6.07 Å². The number of ether oxygens (including phenoxy) is 1. The lowest BCUT2D eigenvalue weighted by atomic mass is 10.0. The molecule has 0 unspecified atom stereocenters. The second-order valence-electron chi connectivity index (χ2n) is 7.67. The first-order valence-electron chi connectivity index (χ1n) is 10.3. The van der Waals surface area contributed by atoms with Crippen molar-refractivity contribution in [3.05, 3.63) is 99.6 Å². The van der Waals surface area contributed by atoms with Gasteiger partial charge < -0.3 is 4.74 Å². The van der Waals surface area contributed by atoms with E-state index in [4.69, 9.17) is 9.73 Å². The van der Waals surface area contributed by atoms with Gasteiger partial charge >= 0.3 is 0 Å². The SMILES string of the molecule is COc1ccc(-c2[nH]n(-c3ccc(F)cc3)c(=O)c2C(C)=Nc2ccc(C)c(C)c2)cc1. The van der Waals surface area contributed by atoms with Crippen molar-refractivity contribution in [2.75, 3.05) is 7.11 Å². The number of rotatable bonds is 5. The maximum atomic E-state index is 13.5. The van der Waals surface area contributed by atoms with Crippen LogP contribution in [-0.4, -0.2) is 22.6 Å². The summed E-state index contributed by atoms with van der Waals surface area (Å²) in [6, 6.07) is 19.1. The summed E-state index contributed by atoms with van der Waals surface area (Å²) in [6.45, 7) is 5.90. The van der Waals surface area contributed by atoms with E-state index in [0.717, 1.165) is 22.6 Å². The number of aryl methyl sites for hydroxylation is 2. The minimum Gasteiger partial charge on any atom is -0.497 e. The third-order valence-corrected chi connectivity index (χ3v) is 5.50. The quantitative estimate of drug-likeness (QED) is 0.412. The predicted molar refractivity (Wildman–Crippen MR) is 126 cm³/mol. The van der Waals surface area contributed by atoms with Gasteiger partial charge in [-0.2, -0.15) is 0 Å². The Morgan fingerprint density at radius 1 is 0.969 bits per heavy atom. The van der Waals surface area contributed by atoms with Gasteiger partial charge in [-0.25, -0.2) is 9.07 Å². The molecular weight excluding hydrogens is 405 g/mol. The van der Waals surface area contributed by atoms with Crippen LogP contribution in [0.1, 0.15) is 23.6 Å². The van der Waals surface area contributed by atoms with E-state index in [9.17, 15) is 9.18 Å². The van der Waals surface area contributed by atoms with E-state index in [0.29, 0.717) is 22.7 Å². The van der Waals surface area contributed by atoms with E-state index in [2.05, 4.69) is 5.10 Å². The molecule has 0 saturated carbocycles. The highest BCUT2D eigenvalue weighted by Crippen LogP contribution is 2.26. The van der Waals surface area contributed by atoms with Crippen molar-refractivity contribution < 1.29 is 9.13 Å². The van der Waals surface area contributed by atoms with Crippen molar-refractivity contribution in [1.29, 1.82) is 0 Å². The summed E-state index contributed by atoms with van der Waals surface area (Å²) in [4.78, 5) is 18.2. The minimum atomic E-state index is -0.364. The fourth-order valence-electron chi connectivity index (χ4n) is 3.56. The number of methoxy groups -OCH3 is 1. The number of aromatic amines is 1. The molecule has 4 rings (SSSR count). The second-order valence-corrected chi connectivity index (χ2v) is 7.67. The molecule has 0 amide bonds. The van der Waals surface area contributed by atoms with Crippen LogP contribution in [0, 0.1) is 19.7 Å². The molecule has 1 heterocycles. The standard InChI is InChI=1S/C26H24FN3O2/c1-16-5-10-21(15-17(16)2)28-18(3)24-25(19-6-13-23(32-4)14-7-19)29-30(26(24)31)22-11-8-20(27)9-12-22/h5-15,29H,1-4H3. The van der Waals surface area contributed by atoms with E-state index in [1.807, 2.05) is 63.2 Å². The number of nitrogens with one attached hydrogen (secondary N) is 1. The number of hydrogen-bond acceptors (Lipinski definition) is 3. The van der Waals surface area contributed by atoms with Gasteiger partial charge in [-0.3, -0.25) is 14.9 Å². The van der Waals surface area contributed by atoms with Crippen LogP contribution >= 0.6 is 0 Å². The number of nitrogens with zero attached hydrogens (tertiary/aromatic N) is 2. The summed E-state index contributed by atoms with van der Waals surface area (Å²) in [7, 11) is 1.60. The van der Waals surface area contributed by atoms with E-state index in [1.165, 1.54) is 22.4 Å². The lowest BCUT2D eigenvalue weighted by Gasteiger charge is -2.06. The van der Waals surface area contributed by atoms with Crippen LogP contribution in [-0.2, 0) is 0 Å². The number of benzene rings is 3. The first-order chi connectivity index (χ1) is 15.4. The third-order valence-electron chi connectivity index (χ3n) is 5.50. The number of H-pyrrole nitrogens is 1. The predicted octanol–water partition coefficient (Wildman–Crippen LogP) is 5.74. The van der Waals surface area contributed by atoms with Gasteiger partial charge in [0.15, 0.2) is 0 Å². The van der Waals surface area contributed by atoms with Gasteiger partial charge in [0.2, 0.25) is 0 Å². The van der Waals surface area contributed by atoms with Crippen molar-refractivity contribution in [2.45, 2.75) is 20.8 Å². The summed E-state index contributed by atoms with van der Waals surface area (Å²) in [5.41, 5.74) is 5.86. The molecule has 32 heavy (non-hydrogen) atoms. The normalized spacial score (nSPS) is 11.6. The van der Waals surface area contributed by atoms with Crippen LogP contribution in [0.15, 0.2) is 76.5 Å². The summed E-state index contributed by atoms with van der Waals surface area (Å²) in [6.07, 6.45) is 0. The van der Waals surface area contributed by atoms with Gasteiger partial charge in [0, 0.05) is 5.56 Å². The molecule has 3 aromatic carbocycles. The summed E-state index contributed by atoms with van der Waals surface area (Å²) in [5, 5.41) is 3.19. The van der Waals surface area contributed by atoms with E-state index < -0.39 is 0 Å². The summed E-state index contributed by atoms with van der Waals surface area (Å²) >= 11 is 0. The molecule has 1 aromatic heterocycles. The molecule has 0 spiro atoms. The topological polar surface area (TPSA) is 59.4 Å². The maximum Gasteiger partial charge on any atom is 0.280 e. The smallest absolute Gasteiger partial charge is 0.280 e. The molecule has 0 aliphatic heterocycles. The molecule has 0 aliphatic rings. The zero-order chi connectivity index (χ0) is 22.8. The van der Waals surface area contributed by atoms with E-state index >= 15 is 0 Å². The average molecular weight is 429 g/mol. The van der Waals surface area contributed by atoms with Crippen molar-refractivity contribution in [3.63, 3.8) is 0 Å². The van der Waals surface area contributed by atoms with Gasteiger partial charge in [0.05, 0.1) is 35.5 Å². The largest absolute Gasteiger partial charge is 0.497 e. The lowest BCUT2D eigenvalue weighted by Crippen LogP contribution is -2.19. The van der Waals surface area contributed by atoms with Crippen LogP contribution in [0.3, 0.4) is 0 Å². The monoisotopic (exact) mass is 429 g/mol. The third kappa shape index (κ3) is 4.12. The molecule has 6 heteroatoms. The van der Waals surface area contributed by atoms with E-state index in [1.54, 1.807) is 19.2 Å². The Morgan fingerprint density at radius 2 is 1.66 bits per heavy atom. The van der Waals surface area contributed by atoms with Crippen LogP contribution in [0.2, 0.25) is 0 Å². The van der Waals surface area contributed by atoms with Crippen LogP contribution in [0.4, 0.5) is 10.1 Å². The van der Waals surface area contributed by atoms with Crippen LogP contribution < -0.4 is 10.3 Å². The Hall–Kier alpha value is -3.93. The van der Waals surface area contributed by atoms with Gasteiger partial charge in [0.1, 0.15) is 11.6 Å². The number of aromatic nitrogens is 2. The van der Waals surface area contributed by atoms with Crippen LogP contribution in [0.5, 0.6) is 5.75 Å². The number of hydrogen-bond donors (Lipinski definition) is 1. The van der Waals surface area contributed by atoms with Gasteiger partial charge in [-0.15, -0.1) is 0 Å². The first-order valence-corrected chi connectivity index (χ1v) is 10.3. The van der Waals surface area contributed by atoms with Crippen LogP contribution in [0.25, 0.3) is 16.9 Å². The molecule has 0 saturated heterocycles. The van der Waals surface area contributed by atoms with Gasteiger partial charge in [-0.05, 0) is 92.6 Å². The van der Waals surface area contributed by atoms with Crippen molar-refractivity contribution in [1.82, 2.24) is 9.78 Å². The molecule has 1 N–H and O–H groups in total. The number of aliphatic imine (C=N–C) groups is 1. The molecule has 0 radical (unpaired) electrons. The lowest BCUT2D eigenvalue weighted by molar-refractivity contribution is 0.415. The average Bonchev–Trinajstić information content (AvgIpc) is 3.14. The van der Waals surface area contributed by atoms with Crippen molar-refractivity contribution >= 4 is 11.4 Å². The summed E-state index contributed by atoms with van der Waals surface area (Å²) in [5.74, 6) is 0.354. The zero-order valence-corrected chi connectivity index (χ0v) is 18.4. The molecule has 0 aliphatic carbocycles. The van der Waals surface area contributed by atoms with Crippen molar-refractivity contribution in [3.8, 4) is 22.7 Å². The first kappa shape index (κ1) is 21.3. The molecule has 0 bridgehead atoms. The summed E-state index contributed by atoms with van der Waals surface area (Å²) < 4.78 is 20.1. The molecule has 162 valence electrons. The molecule has 4 aromatic rings. The van der Waals surface area contributed by atoms with Gasteiger partial charge in [0.25, 0.3) is 5.56 Å². The fraction of sp³-hybridized carbons (Fsp3) is 0.154. The Bertz CT molecular complexity index is 1350. The Labute approximate surface area is 185 Å². The molecule has 5 nitrogen and oxygen atoms in total. The maximum absolute atomic E-state index is 13.5. The fourth-order valence-corrected chi connectivity index (χ4v) is 3.56. The Kier molecular flexibility index (Phi) is 5.77. The number of halogens is 1. The molecular formula is C26H24FN3O2. The second kappa shape index (κ2) is 8.67.